The summed E-state index contributed by atoms with van der Waals surface area (Å²) in [6, 6.07) is 21.1. The Kier molecular flexibility index (Phi) is 7.38. The summed E-state index contributed by atoms with van der Waals surface area (Å²) in [6.45, 7) is 4.32. The predicted molar refractivity (Wildman–Crippen MR) is 134 cm³/mol. The Bertz CT molecular complexity index is 1140. The Hall–Kier alpha value is -3.51. The quantitative estimate of drug-likeness (QED) is 0.536. The molecule has 4 rings (SSSR count). The van der Waals surface area contributed by atoms with Crippen molar-refractivity contribution in [3.63, 3.8) is 0 Å². The molecule has 1 N–H and O–H groups in total. The van der Waals surface area contributed by atoms with E-state index in [-0.39, 0.29) is 17.7 Å². The molecule has 34 heavy (non-hydrogen) atoms. The molecule has 6 heteroatoms. The number of anilines is 1. The number of amides is 1. The van der Waals surface area contributed by atoms with E-state index in [1.807, 2.05) is 66.4 Å². The number of hydrogen-bond donors (Lipinski definition) is 1. The van der Waals surface area contributed by atoms with Crippen LogP contribution in [0.3, 0.4) is 0 Å². The highest BCUT2D eigenvalue weighted by Gasteiger charge is 2.31. The number of benzene rings is 3. The number of methoxy groups -OCH3 is 2. The molecule has 1 amide bonds. The summed E-state index contributed by atoms with van der Waals surface area (Å²) in [5, 5.41) is 10.5. The molecule has 1 heterocycles. The molecule has 178 valence electrons. The van der Waals surface area contributed by atoms with Crippen LogP contribution in [0.5, 0.6) is 17.2 Å². The van der Waals surface area contributed by atoms with Crippen molar-refractivity contribution in [2.24, 2.45) is 0 Å². The zero-order valence-corrected chi connectivity index (χ0v) is 20.0. The molecule has 0 spiro atoms. The second-order valence-electron chi connectivity index (χ2n) is 8.69. The van der Waals surface area contributed by atoms with Crippen LogP contribution < -0.4 is 14.4 Å². The van der Waals surface area contributed by atoms with Gasteiger partial charge < -0.3 is 19.5 Å². The van der Waals surface area contributed by atoms with Crippen molar-refractivity contribution in [1.82, 2.24) is 4.90 Å². The minimum Gasteiger partial charge on any atom is -0.504 e. The van der Waals surface area contributed by atoms with E-state index in [4.69, 9.17) is 9.47 Å². The Labute approximate surface area is 201 Å². The van der Waals surface area contributed by atoms with Gasteiger partial charge in [0, 0.05) is 36.9 Å². The molecule has 3 aromatic rings. The van der Waals surface area contributed by atoms with Gasteiger partial charge in [-0.15, -0.1) is 0 Å². The van der Waals surface area contributed by atoms with Crippen LogP contribution in [-0.4, -0.2) is 49.3 Å². The van der Waals surface area contributed by atoms with E-state index in [9.17, 15) is 9.90 Å². The third kappa shape index (κ3) is 5.02. The largest absolute Gasteiger partial charge is 0.504 e. The number of phenols is 1. The third-order valence-corrected chi connectivity index (χ3v) is 6.45. The first kappa shape index (κ1) is 23.6. The zero-order chi connectivity index (χ0) is 24.1. The highest BCUT2D eigenvalue weighted by Crippen LogP contribution is 2.33. The average molecular weight is 461 g/mol. The van der Waals surface area contributed by atoms with Crippen LogP contribution in [0.4, 0.5) is 5.69 Å². The smallest absolute Gasteiger partial charge is 0.262 e. The van der Waals surface area contributed by atoms with Gasteiger partial charge in [-0.05, 0) is 55.7 Å². The zero-order valence-electron chi connectivity index (χ0n) is 20.0. The van der Waals surface area contributed by atoms with Crippen LogP contribution in [0.15, 0.2) is 66.7 Å². The molecule has 1 aliphatic rings. The topological polar surface area (TPSA) is 62.2 Å². The van der Waals surface area contributed by atoms with Gasteiger partial charge >= 0.3 is 0 Å². The van der Waals surface area contributed by atoms with Gasteiger partial charge in [0.2, 0.25) is 0 Å². The second-order valence-corrected chi connectivity index (χ2v) is 8.69. The Morgan fingerprint density at radius 1 is 0.971 bits per heavy atom. The number of aromatic hydroxyl groups is 1. The lowest BCUT2D eigenvalue weighted by atomic mass is 9.99. The van der Waals surface area contributed by atoms with Crippen molar-refractivity contribution in [2.45, 2.75) is 32.4 Å². The van der Waals surface area contributed by atoms with Crippen molar-refractivity contribution in [2.75, 3.05) is 32.2 Å². The number of aryl methyl sites for hydroxylation is 1. The van der Waals surface area contributed by atoms with Gasteiger partial charge in [0.1, 0.15) is 5.75 Å². The van der Waals surface area contributed by atoms with Crippen LogP contribution in [0, 0.1) is 6.92 Å². The van der Waals surface area contributed by atoms with Crippen molar-refractivity contribution in [3.8, 4) is 17.2 Å². The number of nitrogens with zero attached hydrogens (tertiary/aromatic N) is 2. The predicted octanol–water partition coefficient (Wildman–Crippen LogP) is 5.03. The fraction of sp³-hybridized carbons (Fsp3) is 0.321. The number of likely N-dealkylation sites (tertiary alicyclic amines) is 1. The standard InChI is InChI=1S/C28H32N2O4/c1-20-8-6-10-23(18-20)30(28(32)24-11-4-5-12-25(24)33-2)22-14-16-29(17-15-22)19-21-9-7-13-26(34-3)27(21)31/h4-13,18,22,31H,14-17,19H2,1-3H3. The Morgan fingerprint density at radius 2 is 1.65 bits per heavy atom. The molecule has 1 aliphatic heterocycles. The van der Waals surface area contributed by atoms with E-state index in [1.54, 1.807) is 20.3 Å². The molecular weight excluding hydrogens is 428 g/mol. The summed E-state index contributed by atoms with van der Waals surface area (Å²) in [7, 11) is 3.15. The lowest BCUT2D eigenvalue weighted by Gasteiger charge is -2.39. The van der Waals surface area contributed by atoms with E-state index in [0.717, 1.165) is 42.7 Å². The molecule has 0 unspecified atom stereocenters. The summed E-state index contributed by atoms with van der Waals surface area (Å²) in [5.41, 5.74) is 3.43. The number of phenolic OH excluding ortho intramolecular Hbond substituents is 1. The molecule has 1 saturated heterocycles. The van der Waals surface area contributed by atoms with Crippen molar-refractivity contribution in [3.05, 3.63) is 83.4 Å². The van der Waals surface area contributed by atoms with Crippen LogP contribution in [0.25, 0.3) is 0 Å². The van der Waals surface area contributed by atoms with Gasteiger partial charge in [-0.2, -0.15) is 0 Å². The molecule has 0 aliphatic carbocycles. The number of rotatable bonds is 7. The first-order valence-corrected chi connectivity index (χ1v) is 11.6. The lowest BCUT2D eigenvalue weighted by molar-refractivity contribution is 0.0955. The highest BCUT2D eigenvalue weighted by molar-refractivity contribution is 6.08. The molecule has 0 aromatic heterocycles. The number of hydrogen-bond acceptors (Lipinski definition) is 5. The van der Waals surface area contributed by atoms with Gasteiger partial charge in [0.25, 0.3) is 5.91 Å². The molecule has 0 saturated carbocycles. The van der Waals surface area contributed by atoms with E-state index in [0.29, 0.717) is 23.6 Å². The van der Waals surface area contributed by atoms with Gasteiger partial charge in [-0.25, -0.2) is 0 Å². The number of ether oxygens (including phenoxy) is 2. The van der Waals surface area contributed by atoms with Crippen LogP contribution in [-0.2, 0) is 6.54 Å². The summed E-state index contributed by atoms with van der Waals surface area (Å²) < 4.78 is 10.7. The SMILES string of the molecule is COc1ccccc1C(=O)N(c1cccc(C)c1)C1CCN(Cc2cccc(OC)c2O)CC1. The van der Waals surface area contributed by atoms with Crippen molar-refractivity contribution in [1.29, 1.82) is 0 Å². The third-order valence-electron chi connectivity index (χ3n) is 6.45. The number of carbonyl (C=O) groups excluding carboxylic acids is 1. The maximum absolute atomic E-state index is 13.8. The fourth-order valence-corrected chi connectivity index (χ4v) is 4.66. The Balaban J connectivity index is 1.55. The minimum atomic E-state index is -0.0491. The first-order valence-electron chi connectivity index (χ1n) is 11.6. The summed E-state index contributed by atoms with van der Waals surface area (Å²) in [4.78, 5) is 18.1. The summed E-state index contributed by atoms with van der Waals surface area (Å²) in [6.07, 6.45) is 1.67. The average Bonchev–Trinajstić information content (AvgIpc) is 2.86. The van der Waals surface area contributed by atoms with E-state index < -0.39 is 0 Å². The number of carbonyl (C=O) groups is 1. The van der Waals surface area contributed by atoms with E-state index in [1.165, 1.54) is 0 Å². The minimum absolute atomic E-state index is 0.0491. The van der Waals surface area contributed by atoms with Crippen molar-refractivity contribution < 1.29 is 19.4 Å². The second kappa shape index (κ2) is 10.6. The fourth-order valence-electron chi connectivity index (χ4n) is 4.66. The van der Waals surface area contributed by atoms with Gasteiger partial charge in [-0.3, -0.25) is 9.69 Å². The molecule has 1 fully saturated rings. The molecule has 0 radical (unpaired) electrons. The monoisotopic (exact) mass is 460 g/mol. The van der Waals surface area contributed by atoms with E-state index in [2.05, 4.69) is 11.0 Å². The number of piperidine rings is 1. The molecule has 3 aromatic carbocycles. The molecular formula is C28H32N2O4. The highest BCUT2D eigenvalue weighted by atomic mass is 16.5. The van der Waals surface area contributed by atoms with Crippen molar-refractivity contribution >= 4 is 11.6 Å². The van der Waals surface area contributed by atoms with Gasteiger partial charge in [0.15, 0.2) is 11.5 Å². The normalized spacial score (nSPS) is 14.6. The number of para-hydroxylation sites is 2. The summed E-state index contributed by atoms with van der Waals surface area (Å²) in [5.74, 6) is 1.21. The maximum Gasteiger partial charge on any atom is 0.262 e. The lowest BCUT2D eigenvalue weighted by Crippen LogP contribution is -2.47. The van der Waals surface area contributed by atoms with Crippen LogP contribution >= 0.6 is 0 Å². The van der Waals surface area contributed by atoms with Crippen LogP contribution in [0.1, 0.15) is 34.3 Å². The summed E-state index contributed by atoms with van der Waals surface area (Å²) >= 11 is 0. The first-order chi connectivity index (χ1) is 16.5. The van der Waals surface area contributed by atoms with E-state index >= 15 is 0 Å². The van der Waals surface area contributed by atoms with Gasteiger partial charge in [-0.1, -0.05) is 36.4 Å². The molecule has 0 bridgehead atoms. The molecule has 0 atom stereocenters. The van der Waals surface area contributed by atoms with Gasteiger partial charge in [0.05, 0.1) is 19.8 Å². The molecule has 6 nitrogen and oxygen atoms in total. The van der Waals surface area contributed by atoms with Crippen LogP contribution in [0.2, 0.25) is 0 Å². The Morgan fingerprint density at radius 3 is 2.35 bits per heavy atom. The maximum atomic E-state index is 13.8.